The van der Waals surface area contributed by atoms with Gasteiger partial charge in [-0.25, -0.2) is 4.79 Å². The minimum atomic E-state index is -1.09. The zero-order valence-electron chi connectivity index (χ0n) is 10.9. The van der Waals surface area contributed by atoms with Crippen molar-refractivity contribution >= 4 is 44.8 Å². The molecule has 1 aromatic heterocycles. The molecule has 0 unspecified atom stereocenters. The Hall–Kier alpha value is -1.93. The first kappa shape index (κ1) is 15.5. The van der Waals surface area contributed by atoms with Crippen LogP contribution in [0.15, 0.2) is 32.8 Å². The molecule has 0 fully saturated rings. The standard InChI is InChI=1S/C13H11BrN2O4S/c1-7-6-21-13(20)16(7)5-11(17)15-8-2-3-10(14)9(4-8)12(18)19/h2-4,6H,5H2,1H3,(H,15,17)(H,18,19). The van der Waals surface area contributed by atoms with Crippen LogP contribution in [0.25, 0.3) is 0 Å². The molecule has 6 nitrogen and oxygen atoms in total. The van der Waals surface area contributed by atoms with Crippen LogP contribution in [-0.2, 0) is 11.3 Å². The van der Waals surface area contributed by atoms with Crippen molar-refractivity contribution in [3.05, 3.63) is 49.0 Å². The highest BCUT2D eigenvalue weighted by molar-refractivity contribution is 9.10. The van der Waals surface area contributed by atoms with Gasteiger partial charge >= 0.3 is 10.8 Å². The van der Waals surface area contributed by atoms with Gasteiger partial charge in [0.1, 0.15) is 6.54 Å². The summed E-state index contributed by atoms with van der Waals surface area (Å²) in [6, 6.07) is 4.48. The molecule has 0 spiro atoms. The Bertz CT molecular complexity index is 766. The van der Waals surface area contributed by atoms with Crippen molar-refractivity contribution in [1.29, 1.82) is 0 Å². The molecule has 2 aromatic rings. The van der Waals surface area contributed by atoms with Crippen molar-refractivity contribution < 1.29 is 14.7 Å². The topological polar surface area (TPSA) is 88.4 Å². The molecule has 0 bridgehead atoms. The summed E-state index contributed by atoms with van der Waals surface area (Å²) in [4.78, 5) is 34.3. The van der Waals surface area contributed by atoms with Gasteiger partial charge in [-0.05, 0) is 41.1 Å². The summed E-state index contributed by atoms with van der Waals surface area (Å²) in [5, 5.41) is 13.3. The number of rotatable bonds is 4. The molecule has 0 saturated carbocycles. The zero-order valence-corrected chi connectivity index (χ0v) is 13.3. The van der Waals surface area contributed by atoms with E-state index in [0.717, 1.165) is 11.3 Å². The van der Waals surface area contributed by atoms with Gasteiger partial charge in [-0.1, -0.05) is 11.3 Å². The predicted molar refractivity (Wildman–Crippen MR) is 83.0 cm³/mol. The Balaban J connectivity index is 2.15. The highest BCUT2D eigenvalue weighted by Gasteiger charge is 2.12. The fourth-order valence-electron chi connectivity index (χ4n) is 1.71. The second-order valence-corrected chi connectivity index (χ2v) is 5.95. The number of aromatic carboxylic acids is 1. The van der Waals surface area contributed by atoms with E-state index in [4.69, 9.17) is 5.11 Å². The Morgan fingerprint density at radius 2 is 2.14 bits per heavy atom. The fraction of sp³-hybridized carbons (Fsp3) is 0.154. The molecule has 0 radical (unpaired) electrons. The lowest BCUT2D eigenvalue weighted by Gasteiger charge is -2.08. The lowest BCUT2D eigenvalue weighted by atomic mass is 10.2. The van der Waals surface area contributed by atoms with Crippen LogP contribution < -0.4 is 10.2 Å². The number of nitrogens with zero attached hydrogens (tertiary/aromatic N) is 1. The van der Waals surface area contributed by atoms with Crippen LogP contribution in [0.3, 0.4) is 0 Å². The summed E-state index contributed by atoms with van der Waals surface area (Å²) < 4.78 is 1.79. The minimum Gasteiger partial charge on any atom is -0.478 e. The number of halogens is 1. The van der Waals surface area contributed by atoms with Crippen molar-refractivity contribution in [2.24, 2.45) is 0 Å². The summed E-state index contributed by atoms with van der Waals surface area (Å²) in [5.41, 5.74) is 1.13. The molecule has 1 aromatic carbocycles. The second-order valence-electron chi connectivity index (χ2n) is 4.28. The van der Waals surface area contributed by atoms with Crippen LogP contribution in [0, 0.1) is 6.92 Å². The van der Waals surface area contributed by atoms with Gasteiger partial charge in [0.2, 0.25) is 5.91 Å². The molecule has 0 saturated heterocycles. The van der Waals surface area contributed by atoms with E-state index >= 15 is 0 Å². The SMILES string of the molecule is Cc1csc(=O)n1CC(=O)Nc1ccc(Br)c(C(=O)O)c1. The van der Waals surface area contributed by atoms with Crippen LogP contribution in [0.1, 0.15) is 16.1 Å². The first-order chi connectivity index (χ1) is 9.88. The highest BCUT2D eigenvalue weighted by atomic mass is 79.9. The first-order valence-electron chi connectivity index (χ1n) is 5.86. The maximum atomic E-state index is 11.9. The van der Waals surface area contributed by atoms with Gasteiger partial charge in [0.25, 0.3) is 0 Å². The number of carbonyl (C=O) groups excluding carboxylic acids is 1. The number of aryl methyl sites for hydroxylation is 1. The number of thiazole rings is 1. The third-order valence-electron chi connectivity index (χ3n) is 2.76. The number of carboxylic acids is 1. The van der Waals surface area contributed by atoms with Crippen LogP contribution >= 0.6 is 27.3 Å². The predicted octanol–water partition coefficient (Wildman–Crippen LogP) is 2.32. The first-order valence-corrected chi connectivity index (χ1v) is 7.53. The molecule has 0 aliphatic heterocycles. The lowest BCUT2D eigenvalue weighted by molar-refractivity contribution is -0.116. The molecule has 2 rings (SSSR count). The third-order valence-corrected chi connectivity index (χ3v) is 4.33. The molecular weight excluding hydrogens is 360 g/mol. The van der Waals surface area contributed by atoms with Crippen molar-refractivity contribution in [2.75, 3.05) is 5.32 Å². The Labute approximate surface area is 132 Å². The third kappa shape index (κ3) is 3.59. The van der Waals surface area contributed by atoms with Gasteiger partial charge in [0.05, 0.1) is 5.56 Å². The van der Waals surface area contributed by atoms with Crippen LogP contribution in [-0.4, -0.2) is 21.6 Å². The average molecular weight is 371 g/mol. The molecule has 1 heterocycles. The largest absolute Gasteiger partial charge is 0.478 e. The molecule has 0 atom stereocenters. The fourth-order valence-corrected chi connectivity index (χ4v) is 2.86. The van der Waals surface area contributed by atoms with Crippen molar-refractivity contribution in [1.82, 2.24) is 4.57 Å². The number of carbonyl (C=O) groups is 2. The van der Waals surface area contributed by atoms with E-state index in [1.54, 1.807) is 24.4 Å². The van der Waals surface area contributed by atoms with E-state index in [0.29, 0.717) is 15.9 Å². The zero-order chi connectivity index (χ0) is 15.6. The van der Waals surface area contributed by atoms with Crippen LogP contribution in [0.2, 0.25) is 0 Å². The number of anilines is 1. The summed E-state index contributed by atoms with van der Waals surface area (Å²) in [6.07, 6.45) is 0. The van der Waals surface area contributed by atoms with Gasteiger partial charge in [-0.2, -0.15) is 0 Å². The molecule has 1 amide bonds. The van der Waals surface area contributed by atoms with Gasteiger partial charge in [0.15, 0.2) is 0 Å². The molecule has 21 heavy (non-hydrogen) atoms. The monoisotopic (exact) mass is 370 g/mol. The van der Waals surface area contributed by atoms with E-state index in [-0.39, 0.29) is 17.0 Å². The summed E-state index contributed by atoms with van der Waals surface area (Å²) in [7, 11) is 0. The Morgan fingerprint density at radius 1 is 1.43 bits per heavy atom. The summed E-state index contributed by atoms with van der Waals surface area (Å²) in [6.45, 7) is 1.64. The maximum Gasteiger partial charge on any atom is 0.336 e. The number of aromatic nitrogens is 1. The van der Waals surface area contributed by atoms with E-state index in [2.05, 4.69) is 21.2 Å². The average Bonchev–Trinajstić information content (AvgIpc) is 2.72. The van der Waals surface area contributed by atoms with E-state index in [1.807, 2.05) is 0 Å². The van der Waals surface area contributed by atoms with E-state index < -0.39 is 11.9 Å². The number of nitrogens with one attached hydrogen (secondary N) is 1. The number of amides is 1. The lowest BCUT2D eigenvalue weighted by Crippen LogP contribution is -2.25. The van der Waals surface area contributed by atoms with Crippen LogP contribution in [0.4, 0.5) is 5.69 Å². The molecule has 110 valence electrons. The van der Waals surface area contributed by atoms with E-state index in [9.17, 15) is 14.4 Å². The molecular formula is C13H11BrN2O4S. The smallest absolute Gasteiger partial charge is 0.336 e. The summed E-state index contributed by atoms with van der Waals surface area (Å²) >= 11 is 4.16. The minimum absolute atomic E-state index is 0.0525. The number of carboxylic acid groups (broad SMARTS) is 1. The molecule has 2 N–H and O–H groups in total. The van der Waals surface area contributed by atoms with E-state index in [1.165, 1.54) is 10.6 Å². The Kier molecular flexibility index (Phi) is 4.59. The van der Waals surface area contributed by atoms with Crippen LogP contribution in [0.5, 0.6) is 0 Å². The van der Waals surface area contributed by atoms with Gasteiger partial charge in [0, 0.05) is 21.2 Å². The second kappa shape index (κ2) is 6.23. The normalized spacial score (nSPS) is 10.4. The molecule has 0 aliphatic rings. The maximum absolute atomic E-state index is 11.9. The number of benzene rings is 1. The number of hydrogen-bond acceptors (Lipinski definition) is 4. The van der Waals surface area contributed by atoms with Crippen molar-refractivity contribution in [3.63, 3.8) is 0 Å². The Morgan fingerprint density at radius 3 is 2.71 bits per heavy atom. The molecule has 8 heteroatoms. The van der Waals surface area contributed by atoms with Gasteiger partial charge < -0.3 is 10.4 Å². The van der Waals surface area contributed by atoms with Crippen molar-refractivity contribution in [3.8, 4) is 0 Å². The quantitative estimate of drug-likeness (QED) is 0.864. The van der Waals surface area contributed by atoms with Gasteiger partial charge in [-0.15, -0.1) is 0 Å². The number of hydrogen-bond donors (Lipinski definition) is 2. The van der Waals surface area contributed by atoms with Crippen molar-refractivity contribution in [2.45, 2.75) is 13.5 Å². The summed E-state index contributed by atoms with van der Waals surface area (Å²) in [5.74, 6) is -1.49. The molecule has 0 aliphatic carbocycles. The van der Waals surface area contributed by atoms with Gasteiger partial charge in [-0.3, -0.25) is 14.2 Å². The highest BCUT2D eigenvalue weighted by Crippen LogP contribution is 2.21.